The Kier molecular flexibility index (Phi) is 9.52. The average Bonchev–Trinajstić information content (AvgIpc) is 3.33. The van der Waals surface area contributed by atoms with Crippen LogP contribution in [-0.2, 0) is 32.6 Å². The molecule has 0 aromatic heterocycles. The van der Waals surface area contributed by atoms with Crippen molar-refractivity contribution in [2.75, 3.05) is 44.9 Å². The number of rotatable bonds is 8. The molecule has 1 aromatic carbocycles. The minimum Gasteiger partial charge on any atom is -0.381 e. The number of carbonyl (C=O) groups is 1. The average molecular weight is 599 g/mol. The molecule has 4 atom stereocenters. The summed E-state index contributed by atoms with van der Waals surface area (Å²) in [6, 6.07) is 7.14. The molecule has 1 aromatic rings. The van der Waals surface area contributed by atoms with Gasteiger partial charge < -0.3 is 9.47 Å². The van der Waals surface area contributed by atoms with Crippen LogP contribution in [0.1, 0.15) is 88.3 Å². The largest absolute Gasteiger partial charge is 0.381 e. The van der Waals surface area contributed by atoms with Crippen LogP contribution in [0.3, 0.4) is 0 Å². The summed E-state index contributed by atoms with van der Waals surface area (Å²) >= 11 is 1.84. The van der Waals surface area contributed by atoms with E-state index in [-0.39, 0.29) is 11.3 Å². The molecule has 0 bridgehead atoms. The van der Waals surface area contributed by atoms with E-state index in [0.29, 0.717) is 17.9 Å². The van der Waals surface area contributed by atoms with Crippen LogP contribution in [0.4, 0.5) is 0 Å². The molecule has 4 fully saturated rings. The number of nitrogens with zero attached hydrogens (tertiary/aromatic N) is 2. The molecule has 1 amide bonds. The Labute approximate surface area is 254 Å². The van der Waals surface area contributed by atoms with Gasteiger partial charge in [-0.2, -0.15) is 0 Å². The molecule has 226 valence electrons. The zero-order valence-corrected chi connectivity index (χ0v) is 27.4. The first kappa shape index (κ1) is 30.1. The van der Waals surface area contributed by atoms with E-state index in [2.05, 4.69) is 23.1 Å². The third kappa shape index (κ3) is 5.81. The summed E-state index contributed by atoms with van der Waals surface area (Å²) in [7, 11) is 2.90. The second kappa shape index (κ2) is 13.0. The Hall–Kier alpha value is -0.940. The number of amidine groups is 1. The van der Waals surface area contributed by atoms with Gasteiger partial charge in [0, 0.05) is 31.4 Å². The minimum absolute atomic E-state index is 0.134. The van der Waals surface area contributed by atoms with Crippen LogP contribution in [0, 0.1) is 23.2 Å². The molecule has 2 saturated carbocycles. The molecule has 5 nitrogen and oxygen atoms in total. The van der Waals surface area contributed by atoms with E-state index in [4.69, 9.17) is 14.5 Å². The van der Waals surface area contributed by atoms with E-state index in [9.17, 15) is 0 Å². The Morgan fingerprint density at radius 3 is 2.61 bits per heavy atom. The molecule has 3 aliphatic heterocycles. The third-order valence-electron chi connectivity index (χ3n) is 10.7. The van der Waals surface area contributed by atoms with Crippen molar-refractivity contribution < 1.29 is 14.3 Å². The second-order valence-corrected chi connectivity index (χ2v) is 15.7. The van der Waals surface area contributed by atoms with Gasteiger partial charge in [-0.25, -0.2) is 4.99 Å². The predicted molar refractivity (Wildman–Crippen MR) is 173 cm³/mol. The Bertz CT molecular complexity index is 1100. The van der Waals surface area contributed by atoms with Crippen LogP contribution in [-0.4, -0.2) is 67.0 Å². The molecule has 7 heteroatoms. The van der Waals surface area contributed by atoms with Gasteiger partial charge in [-0.05, 0) is 105 Å². The van der Waals surface area contributed by atoms with Gasteiger partial charge in [0.25, 0.3) is 5.91 Å². The molecule has 0 N–H and O–H groups in total. The fraction of sp³-hybridized carbons (Fsp3) is 0.765. The Morgan fingerprint density at radius 1 is 1.10 bits per heavy atom. The Balaban J connectivity index is 0.00000148. The number of aliphatic imine (C=N–C) groups is 1. The number of hydrogen-bond donors (Lipinski definition) is 0. The minimum atomic E-state index is -0.758. The van der Waals surface area contributed by atoms with E-state index < -0.39 is 5.54 Å². The highest BCUT2D eigenvalue weighted by atomic mass is 32.2. The molecular formula is C34H51N2O3PS. The lowest BCUT2D eigenvalue weighted by Crippen LogP contribution is -2.52. The second-order valence-electron chi connectivity index (χ2n) is 13.3. The molecular weight excluding hydrogens is 547 g/mol. The van der Waals surface area contributed by atoms with Crippen molar-refractivity contribution in [2.45, 2.75) is 96.1 Å². The van der Waals surface area contributed by atoms with Crippen LogP contribution in [0.5, 0.6) is 0 Å². The van der Waals surface area contributed by atoms with Crippen molar-refractivity contribution in [3.05, 3.63) is 34.9 Å². The monoisotopic (exact) mass is 598 g/mol. The van der Waals surface area contributed by atoms with Gasteiger partial charge in [0.1, 0.15) is 0 Å². The number of hydrogen-bond acceptors (Lipinski definition) is 5. The number of amides is 1. The SMILES string of the molecule is CC.COC1CCC2(CC1)Cc1ccc(CCC3CC3)cc1C21N=C(SCC2CCOC2)N(CC2CCPC2)C1=O. The highest BCUT2D eigenvalue weighted by Gasteiger charge is 2.67. The first-order chi connectivity index (χ1) is 20.1. The fourth-order valence-electron chi connectivity index (χ4n) is 8.11. The quantitative estimate of drug-likeness (QED) is 0.301. The summed E-state index contributed by atoms with van der Waals surface area (Å²) in [6.45, 7) is 6.57. The van der Waals surface area contributed by atoms with E-state index in [1.165, 1.54) is 54.7 Å². The van der Waals surface area contributed by atoms with Gasteiger partial charge in [0.15, 0.2) is 10.7 Å². The zero-order valence-electron chi connectivity index (χ0n) is 25.6. The summed E-state index contributed by atoms with van der Waals surface area (Å²) in [5.41, 5.74) is 3.13. The van der Waals surface area contributed by atoms with Gasteiger partial charge >= 0.3 is 0 Å². The fourth-order valence-corrected chi connectivity index (χ4v) is 10.8. The van der Waals surface area contributed by atoms with Crippen LogP contribution in [0.2, 0.25) is 0 Å². The van der Waals surface area contributed by atoms with Gasteiger partial charge in [-0.15, -0.1) is 8.58 Å². The zero-order chi connectivity index (χ0) is 28.5. The number of benzene rings is 1. The van der Waals surface area contributed by atoms with Crippen molar-refractivity contribution in [1.29, 1.82) is 0 Å². The van der Waals surface area contributed by atoms with Gasteiger partial charge in [0.2, 0.25) is 0 Å². The van der Waals surface area contributed by atoms with Crippen molar-refractivity contribution in [1.82, 2.24) is 4.90 Å². The number of thioether (sulfide) groups is 1. The van der Waals surface area contributed by atoms with Crippen LogP contribution in [0.15, 0.2) is 23.2 Å². The standard InChI is InChI=1S/C32H45N2O3PS.C2H6/c1-36-27-8-12-31(13-9-27)17-26-7-6-23(5-4-22-2-3-22)16-28(26)32(31)29(35)34(18-24-11-15-38-20-24)30(33-32)39-21-25-10-14-37-19-25;1-2/h6-7,16,22,24-25,27,38H,2-5,8-15,17-21H2,1H3;1-2H3. The maximum Gasteiger partial charge on any atom is 0.261 e. The Morgan fingerprint density at radius 2 is 1.93 bits per heavy atom. The lowest BCUT2D eigenvalue weighted by molar-refractivity contribution is -0.138. The topological polar surface area (TPSA) is 51.1 Å². The molecule has 41 heavy (non-hydrogen) atoms. The highest BCUT2D eigenvalue weighted by Crippen LogP contribution is 2.62. The number of methoxy groups -OCH3 is 1. The maximum atomic E-state index is 15.0. The normalized spacial score (nSPS) is 34.9. The van der Waals surface area contributed by atoms with Crippen molar-refractivity contribution >= 4 is 31.4 Å². The number of aryl methyl sites for hydroxylation is 1. The molecule has 2 saturated heterocycles. The summed E-state index contributed by atoms with van der Waals surface area (Å²) in [4.78, 5) is 22.9. The van der Waals surface area contributed by atoms with Crippen LogP contribution in [0.25, 0.3) is 0 Å². The third-order valence-corrected chi connectivity index (χ3v) is 13.5. The number of carbonyl (C=O) groups excluding carboxylic acids is 1. The molecule has 3 aliphatic carbocycles. The van der Waals surface area contributed by atoms with E-state index in [1.54, 1.807) is 0 Å². The molecule has 3 heterocycles. The lowest BCUT2D eigenvalue weighted by atomic mass is 9.61. The van der Waals surface area contributed by atoms with Crippen molar-refractivity contribution in [2.24, 2.45) is 28.2 Å². The summed E-state index contributed by atoms with van der Waals surface area (Å²) in [5, 5.41) is 1.01. The summed E-state index contributed by atoms with van der Waals surface area (Å²) < 4.78 is 11.5. The van der Waals surface area contributed by atoms with Gasteiger partial charge in [0.05, 0.1) is 12.7 Å². The summed E-state index contributed by atoms with van der Waals surface area (Å²) in [6.07, 6.45) is 15.5. The molecule has 2 spiro atoms. The van der Waals surface area contributed by atoms with Gasteiger partial charge in [-0.3, -0.25) is 9.69 Å². The van der Waals surface area contributed by atoms with E-state index in [1.807, 2.05) is 32.7 Å². The first-order valence-corrected chi connectivity index (χ1v) is 19.0. The van der Waals surface area contributed by atoms with Crippen molar-refractivity contribution in [3.8, 4) is 0 Å². The van der Waals surface area contributed by atoms with Crippen LogP contribution >= 0.6 is 20.3 Å². The smallest absolute Gasteiger partial charge is 0.261 e. The number of ether oxygens (including phenoxy) is 2. The molecule has 7 rings (SSSR count). The molecule has 4 unspecified atom stereocenters. The summed E-state index contributed by atoms with van der Waals surface area (Å²) in [5.74, 6) is 3.39. The van der Waals surface area contributed by atoms with E-state index >= 15 is 4.79 Å². The molecule has 6 aliphatic rings. The van der Waals surface area contributed by atoms with E-state index in [0.717, 1.165) is 90.1 Å². The van der Waals surface area contributed by atoms with Crippen LogP contribution < -0.4 is 0 Å². The van der Waals surface area contributed by atoms with Gasteiger partial charge in [-0.1, -0.05) is 56.7 Å². The first-order valence-electron chi connectivity index (χ1n) is 16.6. The van der Waals surface area contributed by atoms with Crippen molar-refractivity contribution in [3.63, 3.8) is 0 Å². The lowest BCUT2D eigenvalue weighted by Gasteiger charge is -2.45. The maximum absolute atomic E-state index is 15.0. The highest BCUT2D eigenvalue weighted by molar-refractivity contribution is 8.13. The number of fused-ring (bicyclic) bond motifs is 3. The predicted octanol–water partition coefficient (Wildman–Crippen LogP) is 7.05. The molecule has 0 radical (unpaired) electrons.